The molecule has 0 aromatic heterocycles. The van der Waals surface area contributed by atoms with Gasteiger partial charge in [-0.2, -0.15) is 12.6 Å². The summed E-state index contributed by atoms with van der Waals surface area (Å²) in [7, 11) is 0. The van der Waals surface area contributed by atoms with Gasteiger partial charge in [0, 0.05) is 18.6 Å². The summed E-state index contributed by atoms with van der Waals surface area (Å²) < 4.78 is 0. The molecule has 0 saturated carbocycles. The molecule has 0 fully saturated rings. The third-order valence-corrected chi connectivity index (χ3v) is 5.36. The van der Waals surface area contributed by atoms with Gasteiger partial charge in [0.15, 0.2) is 0 Å². The standard InChI is InChI=1S/C22H33N5O6S/c1-12(2)18(27-19(29)14(23)8-9-17(24)28)21(31)26-16(11-34)20(30)25-15(22(32)33)10-13-6-4-3-5-7-13/h3-7,12,14-16,18,34H,8-11,23H2,1-2H3,(H2,24,28)(H,25,30)(H,26,31)(H,27,29)(H,32,33). The van der Waals surface area contributed by atoms with Crippen LogP contribution in [0, 0.1) is 5.92 Å². The van der Waals surface area contributed by atoms with E-state index in [-0.39, 0.29) is 30.9 Å². The van der Waals surface area contributed by atoms with Gasteiger partial charge in [-0.3, -0.25) is 19.2 Å². The van der Waals surface area contributed by atoms with Crippen molar-refractivity contribution in [1.82, 2.24) is 16.0 Å². The number of carboxylic acids is 1. The van der Waals surface area contributed by atoms with E-state index in [4.69, 9.17) is 11.5 Å². The molecule has 0 spiro atoms. The number of carbonyl (C=O) groups is 5. The molecule has 1 aromatic carbocycles. The molecule has 0 radical (unpaired) electrons. The van der Waals surface area contributed by atoms with E-state index in [0.717, 1.165) is 5.56 Å². The van der Waals surface area contributed by atoms with E-state index in [1.807, 2.05) is 0 Å². The minimum atomic E-state index is -1.22. The first-order valence-corrected chi connectivity index (χ1v) is 11.4. The lowest BCUT2D eigenvalue weighted by atomic mass is 10.0. The summed E-state index contributed by atoms with van der Waals surface area (Å²) in [6, 6.07) is 4.36. The number of thiol groups is 1. The zero-order valence-electron chi connectivity index (χ0n) is 19.2. The highest BCUT2D eigenvalue weighted by Gasteiger charge is 2.31. The first kappa shape index (κ1) is 28.9. The third kappa shape index (κ3) is 9.79. The summed E-state index contributed by atoms with van der Waals surface area (Å²) >= 11 is 4.10. The number of amides is 4. The van der Waals surface area contributed by atoms with Crippen LogP contribution in [0.1, 0.15) is 32.3 Å². The Labute approximate surface area is 203 Å². The zero-order chi connectivity index (χ0) is 25.8. The summed E-state index contributed by atoms with van der Waals surface area (Å²) in [4.78, 5) is 60.4. The molecule has 4 unspecified atom stereocenters. The van der Waals surface area contributed by atoms with Crippen LogP contribution in [0.2, 0.25) is 0 Å². The fourth-order valence-electron chi connectivity index (χ4n) is 3.00. The van der Waals surface area contributed by atoms with Crippen molar-refractivity contribution in [3.63, 3.8) is 0 Å². The second-order valence-electron chi connectivity index (χ2n) is 8.17. The molecule has 8 N–H and O–H groups in total. The zero-order valence-corrected chi connectivity index (χ0v) is 20.1. The van der Waals surface area contributed by atoms with Gasteiger partial charge in [-0.1, -0.05) is 44.2 Å². The minimum Gasteiger partial charge on any atom is -0.480 e. The van der Waals surface area contributed by atoms with E-state index in [0.29, 0.717) is 0 Å². The number of carbonyl (C=O) groups excluding carboxylic acids is 4. The Morgan fingerprint density at radius 2 is 1.53 bits per heavy atom. The molecular formula is C22H33N5O6S. The number of aliphatic carboxylic acids is 1. The van der Waals surface area contributed by atoms with Crippen LogP contribution < -0.4 is 27.4 Å². The highest BCUT2D eigenvalue weighted by molar-refractivity contribution is 7.80. The SMILES string of the molecule is CC(C)C(NC(=O)C(N)CCC(N)=O)C(=O)NC(CS)C(=O)NC(Cc1ccccc1)C(=O)O. The Bertz CT molecular complexity index is 867. The molecule has 34 heavy (non-hydrogen) atoms. The quantitative estimate of drug-likeness (QED) is 0.160. The van der Waals surface area contributed by atoms with Gasteiger partial charge in [-0.15, -0.1) is 0 Å². The summed E-state index contributed by atoms with van der Waals surface area (Å²) in [5.74, 6) is -4.31. The Kier molecular flexibility index (Phi) is 12.1. The molecule has 0 bridgehead atoms. The number of hydrogen-bond acceptors (Lipinski definition) is 7. The highest BCUT2D eigenvalue weighted by Crippen LogP contribution is 2.07. The molecule has 4 amide bonds. The Hall–Kier alpha value is -3.12. The predicted molar refractivity (Wildman–Crippen MR) is 129 cm³/mol. The summed E-state index contributed by atoms with van der Waals surface area (Å²) in [5.41, 5.74) is 11.5. The second kappa shape index (κ2) is 14.2. The molecule has 0 heterocycles. The first-order valence-electron chi connectivity index (χ1n) is 10.8. The molecule has 4 atom stereocenters. The van der Waals surface area contributed by atoms with Gasteiger partial charge in [0.1, 0.15) is 18.1 Å². The summed E-state index contributed by atoms with van der Waals surface area (Å²) in [6.45, 7) is 3.38. The maximum absolute atomic E-state index is 12.8. The molecule has 188 valence electrons. The van der Waals surface area contributed by atoms with Gasteiger partial charge in [0.25, 0.3) is 0 Å². The van der Waals surface area contributed by atoms with Crippen molar-refractivity contribution >= 4 is 42.2 Å². The molecule has 11 nitrogen and oxygen atoms in total. The van der Waals surface area contributed by atoms with Gasteiger partial charge < -0.3 is 32.5 Å². The smallest absolute Gasteiger partial charge is 0.326 e. The van der Waals surface area contributed by atoms with E-state index in [1.54, 1.807) is 44.2 Å². The molecular weight excluding hydrogens is 462 g/mol. The molecule has 0 aliphatic carbocycles. The van der Waals surface area contributed by atoms with Crippen molar-refractivity contribution in [1.29, 1.82) is 0 Å². The first-order chi connectivity index (χ1) is 16.0. The average Bonchev–Trinajstić information content (AvgIpc) is 2.78. The highest BCUT2D eigenvalue weighted by atomic mass is 32.1. The lowest BCUT2D eigenvalue weighted by Gasteiger charge is -2.26. The van der Waals surface area contributed by atoms with Crippen molar-refractivity contribution in [2.45, 2.75) is 57.3 Å². The van der Waals surface area contributed by atoms with Crippen molar-refractivity contribution in [2.75, 3.05) is 5.75 Å². The largest absolute Gasteiger partial charge is 0.480 e. The Morgan fingerprint density at radius 3 is 2.03 bits per heavy atom. The lowest BCUT2D eigenvalue weighted by molar-refractivity contribution is -0.142. The average molecular weight is 496 g/mol. The van der Waals surface area contributed by atoms with Gasteiger partial charge in [-0.25, -0.2) is 4.79 Å². The maximum atomic E-state index is 12.8. The third-order valence-electron chi connectivity index (χ3n) is 5.00. The number of rotatable bonds is 14. The van der Waals surface area contributed by atoms with E-state index >= 15 is 0 Å². The molecule has 1 aromatic rings. The van der Waals surface area contributed by atoms with Crippen LogP contribution in [0.4, 0.5) is 0 Å². The molecule has 0 aliphatic rings. The van der Waals surface area contributed by atoms with E-state index in [9.17, 15) is 29.1 Å². The van der Waals surface area contributed by atoms with Crippen LogP contribution in [-0.4, -0.2) is 64.6 Å². The predicted octanol–water partition coefficient (Wildman–Crippen LogP) is -1.05. The fourth-order valence-corrected chi connectivity index (χ4v) is 3.26. The molecule has 12 heteroatoms. The van der Waals surface area contributed by atoms with E-state index in [2.05, 4.69) is 28.6 Å². The van der Waals surface area contributed by atoms with Crippen LogP contribution in [0.15, 0.2) is 30.3 Å². The minimum absolute atomic E-state index is 0.0211. The second-order valence-corrected chi connectivity index (χ2v) is 8.54. The van der Waals surface area contributed by atoms with Crippen molar-refractivity contribution in [2.24, 2.45) is 17.4 Å². The summed E-state index contributed by atoms with van der Waals surface area (Å²) in [6.07, 6.45) is -0.000958. The van der Waals surface area contributed by atoms with Crippen LogP contribution in [-0.2, 0) is 30.4 Å². The topological polar surface area (TPSA) is 194 Å². The normalized spacial score (nSPS) is 14.4. The van der Waals surface area contributed by atoms with Gasteiger partial charge >= 0.3 is 5.97 Å². The Balaban J connectivity index is 2.81. The van der Waals surface area contributed by atoms with Gasteiger partial charge in [0.2, 0.25) is 23.6 Å². The number of nitrogens with one attached hydrogen (secondary N) is 3. The number of primary amides is 1. The van der Waals surface area contributed by atoms with Crippen molar-refractivity contribution in [3.05, 3.63) is 35.9 Å². The maximum Gasteiger partial charge on any atom is 0.326 e. The van der Waals surface area contributed by atoms with Gasteiger partial charge in [0.05, 0.1) is 6.04 Å². The lowest BCUT2D eigenvalue weighted by Crippen LogP contribution is -2.59. The number of hydrogen-bond donors (Lipinski definition) is 7. The summed E-state index contributed by atoms with van der Waals surface area (Å²) in [5, 5.41) is 16.9. The number of nitrogens with two attached hydrogens (primary N) is 2. The fraction of sp³-hybridized carbons (Fsp3) is 0.500. The Morgan fingerprint density at radius 1 is 0.941 bits per heavy atom. The van der Waals surface area contributed by atoms with Crippen LogP contribution in [0.3, 0.4) is 0 Å². The van der Waals surface area contributed by atoms with Crippen molar-refractivity contribution in [3.8, 4) is 0 Å². The molecule has 0 aliphatic heterocycles. The van der Waals surface area contributed by atoms with Crippen LogP contribution in [0.5, 0.6) is 0 Å². The van der Waals surface area contributed by atoms with Crippen LogP contribution in [0.25, 0.3) is 0 Å². The van der Waals surface area contributed by atoms with Crippen LogP contribution >= 0.6 is 12.6 Å². The monoisotopic (exact) mass is 495 g/mol. The number of carboxylic acid groups (broad SMARTS) is 1. The molecule has 0 saturated heterocycles. The van der Waals surface area contributed by atoms with Gasteiger partial charge in [-0.05, 0) is 17.9 Å². The van der Waals surface area contributed by atoms with E-state index < -0.39 is 53.8 Å². The van der Waals surface area contributed by atoms with E-state index in [1.165, 1.54) is 0 Å². The number of benzene rings is 1. The molecule has 1 rings (SSSR count). The van der Waals surface area contributed by atoms with Crippen molar-refractivity contribution < 1.29 is 29.1 Å².